The van der Waals surface area contributed by atoms with E-state index in [9.17, 15) is 33.1 Å². The number of hydrogen-bond donors (Lipinski definition) is 4. The molecule has 1 aliphatic rings. The number of aliphatic carboxylic acids is 1. The number of rotatable bonds is 9. The van der Waals surface area contributed by atoms with Gasteiger partial charge in [0.05, 0.1) is 24.3 Å². The van der Waals surface area contributed by atoms with Crippen LogP contribution in [0.1, 0.15) is 65.1 Å². The van der Waals surface area contributed by atoms with Gasteiger partial charge in [-0.25, -0.2) is 9.79 Å². The number of anilines is 1. The molecule has 236 valence electrons. The molecule has 0 aromatic heterocycles. The molecule has 3 aromatic rings. The molecule has 0 spiro atoms. The van der Waals surface area contributed by atoms with Gasteiger partial charge in [0.2, 0.25) is 5.96 Å². The lowest BCUT2D eigenvalue weighted by Gasteiger charge is -2.27. The van der Waals surface area contributed by atoms with E-state index in [4.69, 9.17) is 5.11 Å². The number of carboxylic acid groups (broad SMARTS) is 1. The molecular weight excluding hydrogens is 655 g/mol. The fourth-order valence-electron chi connectivity index (χ4n) is 5.10. The van der Waals surface area contributed by atoms with Crippen molar-refractivity contribution in [2.24, 2.45) is 4.99 Å². The first-order valence-corrected chi connectivity index (χ1v) is 15.0. The number of aliphatic hydroxyl groups excluding tert-OH is 1. The highest BCUT2D eigenvalue weighted by Gasteiger charge is 2.31. The first-order valence-electron chi connectivity index (χ1n) is 14.2. The van der Waals surface area contributed by atoms with Crippen LogP contribution in [0.15, 0.2) is 76.2 Å². The Morgan fingerprint density at radius 1 is 1.04 bits per heavy atom. The average Bonchev–Trinajstić information content (AvgIpc) is 3.02. The highest BCUT2D eigenvalue weighted by atomic mass is 79.9. The van der Waals surface area contributed by atoms with Gasteiger partial charge in [0.15, 0.2) is 12.3 Å². The zero-order chi connectivity index (χ0) is 32.6. The van der Waals surface area contributed by atoms with Crippen LogP contribution in [0.5, 0.6) is 0 Å². The number of aliphatic imine (C=N–C) groups is 1. The Bertz CT molecular complexity index is 1570. The van der Waals surface area contributed by atoms with E-state index in [1.54, 1.807) is 17.0 Å². The largest absolute Gasteiger partial charge is 0.479 e. The third kappa shape index (κ3) is 9.29. The topological polar surface area (TPSA) is 138 Å². The molecule has 0 radical (unpaired) electrons. The van der Waals surface area contributed by atoms with E-state index in [1.165, 1.54) is 43.0 Å². The average molecular weight is 687 g/mol. The van der Waals surface area contributed by atoms with Crippen LogP contribution in [0.4, 0.5) is 24.5 Å². The molecule has 3 aromatic carbocycles. The lowest BCUT2D eigenvalue weighted by molar-refractivity contribution is -0.146. The molecule has 1 fully saturated rings. The molecule has 4 rings (SSSR count). The van der Waals surface area contributed by atoms with E-state index >= 15 is 0 Å². The van der Waals surface area contributed by atoms with E-state index in [1.807, 2.05) is 30.5 Å². The Morgan fingerprint density at radius 3 is 2.31 bits per heavy atom. The molecule has 0 heterocycles. The zero-order valence-electron chi connectivity index (χ0n) is 24.0. The lowest BCUT2D eigenvalue weighted by Crippen LogP contribution is -2.39. The molecule has 13 heteroatoms. The van der Waals surface area contributed by atoms with Crippen LogP contribution < -0.4 is 15.5 Å². The van der Waals surface area contributed by atoms with Gasteiger partial charge in [-0.3, -0.25) is 10.1 Å². The molecule has 0 saturated heterocycles. The number of amides is 1. The summed E-state index contributed by atoms with van der Waals surface area (Å²) in [5, 5.41) is 32.7. The fourth-order valence-corrected chi connectivity index (χ4v) is 5.59. The first kappa shape index (κ1) is 33.5. The number of aliphatic hydroxyl groups is 1. The monoisotopic (exact) mass is 685 g/mol. The Balaban J connectivity index is 1.67. The van der Waals surface area contributed by atoms with Crippen LogP contribution in [0.3, 0.4) is 0 Å². The first-order chi connectivity index (χ1) is 21.4. The smallest absolute Gasteiger partial charge is 0.416 e. The number of carboxylic acids is 1. The third-order valence-electron chi connectivity index (χ3n) is 7.45. The number of carbonyl (C=O) groups is 2. The van der Waals surface area contributed by atoms with Gasteiger partial charge < -0.3 is 20.4 Å². The van der Waals surface area contributed by atoms with E-state index in [0.717, 1.165) is 25.0 Å². The standard InChI is InChI=1S/C32H31BrF3N5O4/c33-25-14-24(32(34,35)36)15-26(16-25)40-31(39-19-37)41(27-12-10-22(11-13-27)21-4-2-1-3-5-21)18-20-6-8-23(9-7-20)29(43)38-17-28(42)30(44)45/h6-16,21,28,42H,1-5,17-18H2,(H,38,43)(H,39,40)(H,44,45)/t28-/m1/s1. The maximum Gasteiger partial charge on any atom is 0.416 e. The molecule has 4 N–H and O–H groups in total. The number of carbonyl (C=O) groups excluding carboxylic acids is 1. The fraction of sp³-hybridized carbons (Fsp3) is 0.312. The van der Waals surface area contributed by atoms with Gasteiger partial charge in [0.1, 0.15) is 0 Å². The number of alkyl halides is 3. The number of benzene rings is 3. The van der Waals surface area contributed by atoms with Crippen molar-refractivity contribution in [2.45, 2.75) is 56.8 Å². The number of nitrogens with zero attached hydrogens (tertiary/aromatic N) is 3. The van der Waals surface area contributed by atoms with Gasteiger partial charge in [-0.1, -0.05) is 59.5 Å². The predicted octanol–water partition coefficient (Wildman–Crippen LogP) is 6.46. The van der Waals surface area contributed by atoms with Crippen LogP contribution in [0.25, 0.3) is 0 Å². The van der Waals surface area contributed by atoms with Crippen LogP contribution in [0, 0.1) is 11.5 Å². The van der Waals surface area contributed by atoms with Crippen LogP contribution in [-0.2, 0) is 17.5 Å². The summed E-state index contributed by atoms with van der Waals surface area (Å²) in [7, 11) is 0. The zero-order valence-corrected chi connectivity index (χ0v) is 25.6. The Morgan fingerprint density at radius 2 is 1.71 bits per heavy atom. The molecule has 0 unspecified atom stereocenters. The maximum absolute atomic E-state index is 13.5. The quantitative estimate of drug-likeness (QED) is 0.0878. The molecule has 0 aliphatic heterocycles. The summed E-state index contributed by atoms with van der Waals surface area (Å²) in [4.78, 5) is 29.3. The molecule has 1 saturated carbocycles. The normalized spacial score (nSPS) is 14.7. The van der Waals surface area contributed by atoms with Gasteiger partial charge in [0.25, 0.3) is 5.91 Å². The molecule has 9 nitrogen and oxygen atoms in total. The minimum Gasteiger partial charge on any atom is -0.479 e. The van der Waals surface area contributed by atoms with Crippen molar-refractivity contribution in [3.05, 3.63) is 93.5 Å². The van der Waals surface area contributed by atoms with Gasteiger partial charge in [0, 0.05) is 15.7 Å². The van der Waals surface area contributed by atoms with E-state index in [2.05, 4.69) is 31.6 Å². The summed E-state index contributed by atoms with van der Waals surface area (Å²) in [6.45, 7) is -0.345. The number of guanidine groups is 1. The SMILES string of the molecule is N#CNC(=Nc1cc(Br)cc(C(F)(F)F)c1)N(Cc1ccc(C(=O)NC[C@@H](O)C(=O)O)cc1)c1ccc(C2CCCCC2)cc1. The summed E-state index contributed by atoms with van der Waals surface area (Å²) in [6, 6.07) is 17.4. The third-order valence-corrected chi connectivity index (χ3v) is 7.91. The van der Waals surface area contributed by atoms with Crippen molar-refractivity contribution < 1.29 is 33.0 Å². The number of nitrogens with one attached hydrogen (secondary N) is 2. The summed E-state index contributed by atoms with van der Waals surface area (Å²) in [5.74, 6) is -1.61. The van der Waals surface area contributed by atoms with E-state index in [0.29, 0.717) is 17.2 Å². The Kier molecular flexibility index (Phi) is 11.2. The maximum atomic E-state index is 13.5. The predicted molar refractivity (Wildman–Crippen MR) is 166 cm³/mol. The minimum atomic E-state index is -4.61. The Labute approximate surface area is 266 Å². The molecule has 0 bridgehead atoms. The highest BCUT2D eigenvalue weighted by molar-refractivity contribution is 9.10. The van der Waals surface area contributed by atoms with Gasteiger partial charge in [-0.15, -0.1) is 0 Å². The lowest BCUT2D eigenvalue weighted by atomic mass is 9.84. The Hall–Kier alpha value is -4.41. The molecule has 1 atom stereocenters. The van der Waals surface area contributed by atoms with Crippen molar-refractivity contribution >= 4 is 45.1 Å². The van der Waals surface area contributed by atoms with Gasteiger partial charge in [-0.05, 0) is 72.4 Å². The van der Waals surface area contributed by atoms with Crippen molar-refractivity contribution in [2.75, 3.05) is 11.4 Å². The second kappa shape index (κ2) is 15.0. The molecule has 45 heavy (non-hydrogen) atoms. The van der Waals surface area contributed by atoms with Crippen LogP contribution in [-0.4, -0.2) is 40.7 Å². The molecular formula is C32H31BrF3N5O4. The van der Waals surface area contributed by atoms with Crippen molar-refractivity contribution in [3.63, 3.8) is 0 Å². The second-order valence-electron chi connectivity index (χ2n) is 10.6. The van der Waals surface area contributed by atoms with Crippen LogP contribution >= 0.6 is 15.9 Å². The molecule has 1 amide bonds. The summed E-state index contributed by atoms with van der Waals surface area (Å²) in [5.41, 5.74) is 1.78. The molecule has 1 aliphatic carbocycles. The second-order valence-corrected chi connectivity index (χ2v) is 11.6. The van der Waals surface area contributed by atoms with E-state index < -0.39 is 36.3 Å². The summed E-state index contributed by atoms with van der Waals surface area (Å²) in [6.07, 6.45) is 1.25. The minimum absolute atomic E-state index is 0.0152. The number of hydrogen-bond acceptors (Lipinski definition) is 5. The number of nitriles is 1. The van der Waals surface area contributed by atoms with Crippen molar-refractivity contribution in [3.8, 4) is 6.19 Å². The highest BCUT2D eigenvalue weighted by Crippen LogP contribution is 2.35. The van der Waals surface area contributed by atoms with Crippen molar-refractivity contribution in [1.82, 2.24) is 10.6 Å². The van der Waals surface area contributed by atoms with Crippen LogP contribution in [0.2, 0.25) is 0 Å². The van der Waals surface area contributed by atoms with Crippen molar-refractivity contribution in [1.29, 1.82) is 5.26 Å². The number of halogens is 4. The summed E-state index contributed by atoms with van der Waals surface area (Å²) >= 11 is 3.12. The van der Waals surface area contributed by atoms with Gasteiger partial charge in [-0.2, -0.15) is 18.4 Å². The summed E-state index contributed by atoms with van der Waals surface area (Å²) < 4.78 is 40.8. The van der Waals surface area contributed by atoms with Gasteiger partial charge >= 0.3 is 12.1 Å². The van der Waals surface area contributed by atoms with E-state index in [-0.39, 0.29) is 28.2 Å².